The van der Waals surface area contributed by atoms with Gasteiger partial charge < -0.3 is 10.1 Å². The predicted octanol–water partition coefficient (Wildman–Crippen LogP) is 1.28. The molecule has 0 spiro atoms. The zero-order valence-corrected chi connectivity index (χ0v) is 17.2. The quantitative estimate of drug-likeness (QED) is 0.432. The highest BCUT2D eigenvalue weighted by molar-refractivity contribution is 7.89. The molecule has 0 unspecified atom stereocenters. The molecular formula is C17H26N4O4S2. The molecule has 1 fully saturated rings. The highest BCUT2D eigenvalue weighted by Crippen LogP contribution is 2.29. The van der Waals surface area contributed by atoms with Crippen LogP contribution in [0.3, 0.4) is 0 Å². The van der Waals surface area contributed by atoms with Crippen LogP contribution in [0.25, 0.3) is 0 Å². The second-order valence-corrected chi connectivity index (χ2v) is 8.80. The topological polar surface area (TPSA) is 123 Å². The molecule has 1 aromatic rings. The molecule has 1 aliphatic carbocycles. The first-order valence-corrected chi connectivity index (χ1v) is 10.7. The lowest BCUT2D eigenvalue weighted by molar-refractivity contribution is 0.0940. The Kier molecular flexibility index (Phi) is 7.01. The van der Waals surface area contributed by atoms with E-state index in [-0.39, 0.29) is 22.3 Å². The number of ether oxygens (including phenoxy) is 1. The van der Waals surface area contributed by atoms with E-state index < -0.39 is 15.9 Å². The third-order valence-electron chi connectivity index (χ3n) is 5.06. The van der Waals surface area contributed by atoms with Gasteiger partial charge in [-0.05, 0) is 48.7 Å². The summed E-state index contributed by atoms with van der Waals surface area (Å²) < 4.78 is 28.1. The number of hydrogen-bond donors (Lipinski definition) is 4. The number of carbonyl (C=O) groups excluding carboxylic acids is 1. The largest absolute Gasteiger partial charge is 0.496 e. The Bertz CT molecular complexity index is 813. The van der Waals surface area contributed by atoms with E-state index in [0.717, 1.165) is 18.9 Å². The van der Waals surface area contributed by atoms with Crippen LogP contribution < -0.4 is 26.0 Å². The molecule has 150 valence electrons. The predicted molar refractivity (Wildman–Crippen MR) is 107 cm³/mol. The number of thiocarbonyl (C=S) groups is 1. The molecule has 0 heterocycles. The normalized spacial score (nSPS) is 22.6. The molecule has 0 radical (unpaired) electrons. The number of sulfonamides is 1. The van der Waals surface area contributed by atoms with Crippen LogP contribution in [0.1, 0.15) is 43.5 Å². The molecule has 3 atom stereocenters. The van der Waals surface area contributed by atoms with Gasteiger partial charge >= 0.3 is 0 Å². The lowest BCUT2D eigenvalue weighted by atomic mass is 9.78. The van der Waals surface area contributed by atoms with Crippen LogP contribution in [0.4, 0.5) is 0 Å². The third kappa shape index (κ3) is 5.53. The van der Waals surface area contributed by atoms with Gasteiger partial charge in [0.25, 0.3) is 5.91 Å². The maximum Gasteiger partial charge on any atom is 0.273 e. The van der Waals surface area contributed by atoms with Crippen LogP contribution in [0.2, 0.25) is 0 Å². The summed E-state index contributed by atoms with van der Waals surface area (Å²) in [5.74, 6) is 0.710. The number of hydrogen-bond acceptors (Lipinski definition) is 5. The molecule has 10 heteroatoms. The fraction of sp³-hybridized carbons (Fsp3) is 0.529. The summed E-state index contributed by atoms with van der Waals surface area (Å²) in [4.78, 5) is 12.3. The summed E-state index contributed by atoms with van der Waals surface area (Å²) in [6, 6.07) is 4.05. The summed E-state index contributed by atoms with van der Waals surface area (Å²) in [6.45, 7) is 4.41. The van der Waals surface area contributed by atoms with E-state index in [1.54, 1.807) is 0 Å². The van der Waals surface area contributed by atoms with Crippen molar-refractivity contribution in [2.45, 2.75) is 44.0 Å². The lowest BCUT2D eigenvalue weighted by Gasteiger charge is -2.35. The standard InChI is InChI=1S/C17H26N4O4S2/c1-10-5-4-6-14(11(10)2)19-17(26)21-20-16(22)13-9-12(27(18,23)24)7-8-15(13)25-3/h7-11,14H,4-6H2,1-3H3,(H,20,22)(H2,18,23,24)(H2,19,21,26)/t10-,11+,14-/m0/s1. The molecule has 0 bridgehead atoms. The first-order chi connectivity index (χ1) is 12.6. The average Bonchev–Trinajstić information content (AvgIpc) is 2.62. The number of rotatable bonds is 4. The van der Waals surface area contributed by atoms with Gasteiger partial charge in [-0.15, -0.1) is 0 Å². The van der Waals surface area contributed by atoms with Crippen molar-refractivity contribution in [2.24, 2.45) is 17.0 Å². The van der Waals surface area contributed by atoms with E-state index in [1.807, 2.05) is 0 Å². The third-order valence-corrected chi connectivity index (χ3v) is 6.19. The van der Waals surface area contributed by atoms with Gasteiger partial charge in [0.15, 0.2) is 5.11 Å². The number of benzene rings is 1. The Morgan fingerprint density at radius 3 is 2.59 bits per heavy atom. The van der Waals surface area contributed by atoms with Gasteiger partial charge in [0.05, 0.1) is 17.6 Å². The average molecular weight is 415 g/mol. The summed E-state index contributed by atoms with van der Waals surface area (Å²) in [6.07, 6.45) is 3.36. The molecule has 0 aliphatic heterocycles. The minimum Gasteiger partial charge on any atom is -0.496 e. The Morgan fingerprint density at radius 1 is 1.26 bits per heavy atom. The molecule has 0 saturated heterocycles. The van der Waals surface area contributed by atoms with Gasteiger partial charge in [0, 0.05) is 6.04 Å². The van der Waals surface area contributed by atoms with E-state index in [0.29, 0.717) is 16.9 Å². The van der Waals surface area contributed by atoms with Crippen LogP contribution in [0.5, 0.6) is 5.75 Å². The molecule has 1 aromatic carbocycles. The first-order valence-electron chi connectivity index (χ1n) is 8.71. The molecule has 2 rings (SSSR count). The molecule has 1 saturated carbocycles. The maximum atomic E-state index is 12.4. The summed E-state index contributed by atoms with van der Waals surface area (Å²) in [7, 11) is -2.56. The van der Waals surface area contributed by atoms with Crippen LogP contribution in [-0.4, -0.2) is 32.6 Å². The monoisotopic (exact) mass is 414 g/mol. The van der Waals surface area contributed by atoms with Crippen LogP contribution in [-0.2, 0) is 10.0 Å². The number of primary sulfonamides is 1. The fourth-order valence-electron chi connectivity index (χ4n) is 3.21. The van der Waals surface area contributed by atoms with Gasteiger partial charge in [0.1, 0.15) is 5.75 Å². The molecule has 5 N–H and O–H groups in total. The minimum atomic E-state index is -3.94. The fourth-order valence-corrected chi connectivity index (χ4v) is 3.95. The Hall–Kier alpha value is -1.91. The van der Waals surface area contributed by atoms with Crippen molar-refractivity contribution < 1.29 is 17.9 Å². The van der Waals surface area contributed by atoms with E-state index in [4.69, 9.17) is 22.1 Å². The van der Waals surface area contributed by atoms with Crippen LogP contribution in [0, 0.1) is 11.8 Å². The molecular weight excluding hydrogens is 388 g/mol. The summed E-state index contributed by atoms with van der Waals surface area (Å²) >= 11 is 5.26. The molecule has 0 aromatic heterocycles. The smallest absolute Gasteiger partial charge is 0.273 e. The summed E-state index contributed by atoms with van der Waals surface area (Å²) in [5.41, 5.74) is 5.14. The second-order valence-electron chi connectivity index (χ2n) is 6.83. The number of carbonyl (C=O) groups is 1. The molecule has 1 aliphatic rings. The van der Waals surface area contributed by atoms with Crippen molar-refractivity contribution >= 4 is 33.3 Å². The van der Waals surface area contributed by atoms with Gasteiger partial charge in [0.2, 0.25) is 10.0 Å². The van der Waals surface area contributed by atoms with Crippen molar-refractivity contribution in [1.82, 2.24) is 16.2 Å². The van der Waals surface area contributed by atoms with Crippen molar-refractivity contribution in [1.29, 1.82) is 0 Å². The number of nitrogens with one attached hydrogen (secondary N) is 3. The lowest BCUT2D eigenvalue weighted by Crippen LogP contribution is -2.52. The van der Waals surface area contributed by atoms with Gasteiger partial charge in [-0.25, -0.2) is 13.6 Å². The van der Waals surface area contributed by atoms with Gasteiger partial charge in [-0.3, -0.25) is 15.6 Å². The number of methoxy groups -OCH3 is 1. The molecule has 1 amide bonds. The van der Waals surface area contributed by atoms with E-state index >= 15 is 0 Å². The van der Waals surface area contributed by atoms with Gasteiger partial charge in [-0.2, -0.15) is 0 Å². The second kappa shape index (κ2) is 8.85. The van der Waals surface area contributed by atoms with Crippen molar-refractivity contribution in [3.05, 3.63) is 23.8 Å². The SMILES string of the molecule is COc1ccc(S(N)(=O)=O)cc1C(=O)NNC(=S)N[C@H]1CCC[C@H](C)[C@H]1C. The van der Waals surface area contributed by atoms with Crippen LogP contribution >= 0.6 is 12.2 Å². The van der Waals surface area contributed by atoms with E-state index in [9.17, 15) is 13.2 Å². The minimum absolute atomic E-state index is 0.0268. The van der Waals surface area contributed by atoms with Crippen molar-refractivity contribution in [3.8, 4) is 5.75 Å². The first kappa shape index (κ1) is 21.4. The van der Waals surface area contributed by atoms with Crippen molar-refractivity contribution in [3.63, 3.8) is 0 Å². The zero-order valence-electron chi connectivity index (χ0n) is 15.6. The molecule has 27 heavy (non-hydrogen) atoms. The number of amides is 1. The maximum absolute atomic E-state index is 12.4. The Labute approximate surface area is 165 Å². The zero-order chi connectivity index (χ0) is 20.2. The molecule has 8 nitrogen and oxygen atoms in total. The highest BCUT2D eigenvalue weighted by atomic mass is 32.2. The van der Waals surface area contributed by atoms with Crippen LogP contribution in [0.15, 0.2) is 23.1 Å². The Balaban J connectivity index is 2.01. The van der Waals surface area contributed by atoms with Crippen molar-refractivity contribution in [2.75, 3.05) is 7.11 Å². The van der Waals surface area contributed by atoms with E-state index in [1.165, 1.54) is 25.7 Å². The summed E-state index contributed by atoms with van der Waals surface area (Å²) in [5, 5.41) is 8.65. The number of hydrazine groups is 1. The highest BCUT2D eigenvalue weighted by Gasteiger charge is 2.27. The number of nitrogens with two attached hydrogens (primary N) is 1. The Morgan fingerprint density at radius 2 is 1.96 bits per heavy atom. The van der Waals surface area contributed by atoms with Gasteiger partial charge in [-0.1, -0.05) is 26.7 Å². The van der Waals surface area contributed by atoms with E-state index in [2.05, 4.69) is 30.0 Å².